The first-order chi connectivity index (χ1) is 9.63. The Morgan fingerprint density at radius 3 is 2.65 bits per heavy atom. The van der Waals surface area contributed by atoms with Gasteiger partial charge in [0.05, 0.1) is 19.6 Å². The molecular formula is C15H15NO4. The molecule has 5 nitrogen and oxygen atoms in total. The highest BCUT2D eigenvalue weighted by molar-refractivity contribution is 5.85. The van der Waals surface area contributed by atoms with Gasteiger partial charge in [-0.25, -0.2) is 0 Å². The van der Waals surface area contributed by atoms with Crippen molar-refractivity contribution >= 4 is 23.2 Å². The highest BCUT2D eigenvalue weighted by Gasteiger charge is 2.15. The van der Waals surface area contributed by atoms with E-state index in [4.69, 9.17) is 9.84 Å². The second-order valence-corrected chi connectivity index (χ2v) is 4.41. The average Bonchev–Trinajstić information content (AvgIpc) is 2.45. The van der Waals surface area contributed by atoms with E-state index in [0.29, 0.717) is 6.41 Å². The lowest BCUT2D eigenvalue weighted by Gasteiger charge is -2.15. The van der Waals surface area contributed by atoms with E-state index in [9.17, 15) is 9.59 Å². The van der Waals surface area contributed by atoms with Crippen LogP contribution in [0.3, 0.4) is 0 Å². The number of benzene rings is 2. The van der Waals surface area contributed by atoms with Gasteiger partial charge in [0.25, 0.3) is 0 Å². The molecule has 1 unspecified atom stereocenters. The van der Waals surface area contributed by atoms with E-state index in [0.717, 1.165) is 22.1 Å². The Balaban J connectivity index is 2.38. The zero-order chi connectivity index (χ0) is 14.5. The van der Waals surface area contributed by atoms with Gasteiger partial charge in [-0.2, -0.15) is 0 Å². The summed E-state index contributed by atoms with van der Waals surface area (Å²) >= 11 is 0. The maximum absolute atomic E-state index is 10.8. The van der Waals surface area contributed by atoms with Gasteiger partial charge in [-0.3, -0.25) is 9.59 Å². The van der Waals surface area contributed by atoms with Gasteiger partial charge in [0, 0.05) is 0 Å². The molecule has 0 saturated heterocycles. The molecule has 0 aliphatic heterocycles. The van der Waals surface area contributed by atoms with Crippen LogP contribution in [0, 0.1) is 0 Å². The molecule has 5 heteroatoms. The topological polar surface area (TPSA) is 75.6 Å². The molecule has 0 heterocycles. The molecule has 0 aromatic heterocycles. The summed E-state index contributed by atoms with van der Waals surface area (Å²) in [7, 11) is 1.60. The molecule has 0 fully saturated rings. The number of nitrogens with one attached hydrogen (secondary N) is 1. The number of hydrogen-bond donors (Lipinski definition) is 2. The van der Waals surface area contributed by atoms with Crippen molar-refractivity contribution in [2.24, 2.45) is 0 Å². The molecule has 0 bridgehead atoms. The number of carbonyl (C=O) groups is 2. The fourth-order valence-electron chi connectivity index (χ4n) is 2.12. The second-order valence-electron chi connectivity index (χ2n) is 4.41. The van der Waals surface area contributed by atoms with E-state index in [1.54, 1.807) is 7.11 Å². The molecule has 2 rings (SSSR count). The molecule has 1 amide bonds. The van der Waals surface area contributed by atoms with Gasteiger partial charge in [-0.15, -0.1) is 0 Å². The summed E-state index contributed by atoms with van der Waals surface area (Å²) < 4.78 is 5.15. The lowest BCUT2D eigenvalue weighted by Crippen LogP contribution is -2.22. The smallest absolute Gasteiger partial charge is 0.305 e. The van der Waals surface area contributed by atoms with Gasteiger partial charge in [0.2, 0.25) is 6.41 Å². The third-order valence-electron chi connectivity index (χ3n) is 3.12. The first-order valence-corrected chi connectivity index (χ1v) is 6.13. The van der Waals surface area contributed by atoms with E-state index in [1.807, 2.05) is 36.4 Å². The number of methoxy groups -OCH3 is 1. The number of hydrogen-bond acceptors (Lipinski definition) is 3. The van der Waals surface area contributed by atoms with Gasteiger partial charge in [0.1, 0.15) is 5.75 Å². The maximum Gasteiger partial charge on any atom is 0.305 e. The fourth-order valence-corrected chi connectivity index (χ4v) is 2.12. The van der Waals surface area contributed by atoms with E-state index in [-0.39, 0.29) is 6.42 Å². The number of amides is 1. The number of aliphatic carboxylic acids is 1. The van der Waals surface area contributed by atoms with Crippen LogP contribution in [0.15, 0.2) is 36.4 Å². The molecule has 1 atom stereocenters. The first kappa shape index (κ1) is 13.9. The van der Waals surface area contributed by atoms with Crippen LogP contribution in [0.2, 0.25) is 0 Å². The third-order valence-corrected chi connectivity index (χ3v) is 3.12. The van der Waals surface area contributed by atoms with Crippen LogP contribution in [-0.4, -0.2) is 24.6 Å². The van der Waals surface area contributed by atoms with E-state index >= 15 is 0 Å². The molecule has 2 N–H and O–H groups in total. The lowest BCUT2D eigenvalue weighted by molar-refractivity contribution is -0.137. The highest BCUT2D eigenvalue weighted by Crippen LogP contribution is 2.25. The van der Waals surface area contributed by atoms with Crippen molar-refractivity contribution in [1.82, 2.24) is 5.32 Å². The van der Waals surface area contributed by atoms with Crippen LogP contribution >= 0.6 is 0 Å². The summed E-state index contributed by atoms with van der Waals surface area (Å²) in [6.07, 6.45) is 0.367. The molecule has 0 aliphatic carbocycles. The molecule has 2 aromatic rings. The first-order valence-electron chi connectivity index (χ1n) is 6.13. The zero-order valence-corrected chi connectivity index (χ0v) is 11.0. The van der Waals surface area contributed by atoms with Gasteiger partial charge in [-0.1, -0.05) is 18.2 Å². The number of rotatable bonds is 6. The second kappa shape index (κ2) is 6.06. The van der Waals surface area contributed by atoms with Crippen molar-refractivity contribution in [1.29, 1.82) is 0 Å². The van der Waals surface area contributed by atoms with Gasteiger partial charge in [0.15, 0.2) is 0 Å². The molecule has 0 saturated carbocycles. The fraction of sp³-hybridized carbons (Fsp3) is 0.200. The van der Waals surface area contributed by atoms with Crippen LogP contribution in [0.4, 0.5) is 0 Å². The van der Waals surface area contributed by atoms with Crippen molar-refractivity contribution in [3.05, 3.63) is 42.0 Å². The van der Waals surface area contributed by atoms with Crippen molar-refractivity contribution in [2.45, 2.75) is 12.5 Å². The summed E-state index contributed by atoms with van der Waals surface area (Å²) in [4.78, 5) is 21.4. The Hall–Kier alpha value is -2.56. The zero-order valence-electron chi connectivity index (χ0n) is 11.0. The quantitative estimate of drug-likeness (QED) is 0.790. The molecule has 104 valence electrons. The predicted molar refractivity (Wildman–Crippen MR) is 74.7 cm³/mol. The monoisotopic (exact) mass is 273 g/mol. The molecular weight excluding hydrogens is 258 g/mol. The summed E-state index contributed by atoms with van der Waals surface area (Å²) in [6, 6.07) is 10.7. The van der Waals surface area contributed by atoms with Crippen molar-refractivity contribution in [3.8, 4) is 5.75 Å². The molecule has 20 heavy (non-hydrogen) atoms. The Kier molecular flexibility index (Phi) is 4.20. The normalized spacial score (nSPS) is 11.8. The number of carboxylic acids is 1. The minimum atomic E-state index is -0.959. The van der Waals surface area contributed by atoms with Crippen molar-refractivity contribution in [3.63, 3.8) is 0 Å². The SMILES string of the molecule is COc1ccc2cc(C(CC(=O)O)NC=O)ccc2c1. The summed E-state index contributed by atoms with van der Waals surface area (Å²) in [5.41, 5.74) is 0.761. The van der Waals surface area contributed by atoms with Crippen LogP contribution in [0.25, 0.3) is 10.8 Å². The number of ether oxygens (including phenoxy) is 1. The Morgan fingerprint density at radius 2 is 2.00 bits per heavy atom. The van der Waals surface area contributed by atoms with Crippen LogP contribution in [0.5, 0.6) is 5.75 Å². The summed E-state index contributed by atoms with van der Waals surface area (Å²) in [5.74, 6) is -0.197. The number of fused-ring (bicyclic) bond motifs is 1. The maximum atomic E-state index is 10.8. The van der Waals surface area contributed by atoms with E-state index in [2.05, 4.69) is 5.32 Å². The number of carboxylic acid groups (broad SMARTS) is 1. The Labute approximate surface area is 116 Å². The Bertz CT molecular complexity index is 639. The lowest BCUT2D eigenvalue weighted by atomic mass is 10.00. The van der Waals surface area contributed by atoms with E-state index < -0.39 is 12.0 Å². The van der Waals surface area contributed by atoms with Crippen LogP contribution < -0.4 is 10.1 Å². The largest absolute Gasteiger partial charge is 0.497 e. The van der Waals surface area contributed by atoms with Gasteiger partial charge in [-0.05, 0) is 34.5 Å². The highest BCUT2D eigenvalue weighted by atomic mass is 16.5. The molecule has 0 radical (unpaired) electrons. The molecule has 0 spiro atoms. The minimum Gasteiger partial charge on any atom is -0.497 e. The summed E-state index contributed by atoms with van der Waals surface area (Å²) in [5, 5.41) is 13.4. The van der Waals surface area contributed by atoms with Crippen LogP contribution in [-0.2, 0) is 9.59 Å². The third kappa shape index (κ3) is 3.06. The standard InChI is InChI=1S/C15H15NO4/c1-20-13-5-4-10-6-12(3-2-11(10)7-13)14(16-9-17)8-15(18)19/h2-7,9,14H,8H2,1H3,(H,16,17)(H,18,19). The van der Waals surface area contributed by atoms with E-state index in [1.165, 1.54) is 0 Å². The van der Waals surface area contributed by atoms with Crippen LogP contribution in [0.1, 0.15) is 18.0 Å². The Morgan fingerprint density at radius 1 is 1.30 bits per heavy atom. The van der Waals surface area contributed by atoms with Gasteiger partial charge >= 0.3 is 5.97 Å². The minimum absolute atomic E-state index is 0.152. The number of carbonyl (C=O) groups excluding carboxylic acids is 1. The van der Waals surface area contributed by atoms with Crippen molar-refractivity contribution in [2.75, 3.05) is 7.11 Å². The molecule has 2 aromatic carbocycles. The predicted octanol–water partition coefficient (Wildman–Crippen LogP) is 2.11. The van der Waals surface area contributed by atoms with Gasteiger partial charge < -0.3 is 15.2 Å². The summed E-state index contributed by atoms with van der Waals surface area (Å²) in [6.45, 7) is 0. The molecule has 0 aliphatic rings. The van der Waals surface area contributed by atoms with Crippen molar-refractivity contribution < 1.29 is 19.4 Å². The average molecular weight is 273 g/mol.